The highest BCUT2D eigenvalue weighted by Gasteiger charge is 2.35. The lowest BCUT2D eigenvalue weighted by molar-refractivity contribution is -0.711. The highest BCUT2D eigenvalue weighted by Crippen LogP contribution is 2.33. The van der Waals surface area contributed by atoms with Crippen LogP contribution in [0.15, 0.2) is 64.8 Å². The average Bonchev–Trinajstić information content (AvgIpc) is 3.41. The largest absolute Gasteiger partial charge is 0.569 e. The van der Waals surface area contributed by atoms with Crippen LogP contribution < -0.4 is 4.72 Å². The zero-order valence-corrected chi connectivity index (χ0v) is 24.2. The Hall–Kier alpha value is -4.87. The summed E-state index contributed by atoms with van der Waals surface area (Å²) >= 11 is 0. The number of likely N-dealkylation sites (N-methyl/N-ethyl adjacent to an activating group) is 1. The molecule has 1 unspecified atom stereocenters. The highest BCUT2D eigenvalue weighted by atomic mass is 32.2. The third-order valence-corrected chi connectivity index (χ3v) is 7.24. The van der Waals surface area contributed by atoms with Crippen LogP contribution >= 0.6 is 0 Å². The Morgan fingerprint density at radius 3 is 2.28 bits per heavy atom. The second kappa shape index (κ2) is 13.0. The van der Waals surface area contributed by atoms with Crippen LogP contribution in [0.2, 0.25) is 0 Å². The number of alkyl halides is 3. The van der Waals surface area contributed by atoms with Gasteiger partial charge in [-0.25, -0.2) is 22.6 Å². The monoisotopic (exact) mass is 628 g/mol. The molecule has 0 aliphatic carbocycles. The van der Waals surface area contributed by atoms with E-state index in [1.54, 1.807) is 24.3 Å². The van der Waals surface area contributed by atoms with Gasteiger partial charge in [0.1, 0.15) is 0 Å². The first-order valence-corrected chi connectivity index (χ1v) is 13.7. The summed E-state index contributed by atoms with van der Waals surface area (Å²) in [4.78, 5) is 27.8. The second-order valence-corrected chi connectivity index (χ2v) is 10.7. The maximum Gasteiger partial charge on any atom is 0.511 e. The summed E-state index contributed by atoms with van der Waals surface area (Å²) in [6.07, 6.45) is -7.14. The molecule has 0 saturated carbocycles. The normalized spacial score (nSPS) is 13.5. The van der Waals surface area contributed by atoms with Gasteiger partial charge in [-0.1, -0.05) is 29.8 Å². The number of hydrogen-bond acceptors (Lipinski definition) is 10. The molecule has 2 aromatic carbocycles. The van der Waals surface area contributed by atoms with Gasteiger partial charge in [0.2, 0.25) is 5.28 Å². The summed E-state index contributed by atoms with van der Waals surface area (Å²) in [6, 6.07) is 10.8. The van der Waals surface area contributed by atoms with Crippen LogP contribution in [0.1, 0.15) is 25.1 Å². The van der Waals surface area contributed by atoms with Crippen LogP contribution in [0, 0.1) is 12.1 Å². The van der Waals surface area contributed by atoms with Gasteiger partial charge in [0.15, 0.2) is 11.7 Å². The Kier molecular flexibility index (Phi) is 9.85. The van der Waals surface area contributed by atoms with E-state index in [9.17, 15) is 36.4 Å². The Morgan fingerprint density at radius 2 is 1.72 bits per heavy atom. The van der Waals surface area contributed by atoms with Crippen molar-refractivity contribution in [2.45, 2.75) is 44.2 Å². The third-order valence-electron chi connectivity index (χ3n) is 5.88. The van der Waals surface area contributed by atoms with Crippen molar-refractivity contribution in [1.29, 1.82) is 0 Å². The second-order valence-electron chi connectivity index (χ2n) is 8.98. The molecule has 43 heavy (non-hydrogen) atoms. The van der Waals surface area contributed by atoms with Gasteiger partial charge in [0, 0.05) is 12.5 Å². The Labute approximate surface area is 243 Å². The van der Waals surface area contributed by atoms with Crippen LogP contribution in [-0.2, 0) is 35.3 Å². The molecule has 1 N–H and O–H groups in total. The van der Waals surface area contributed by atoms with Crippen LogP contribution in [0.4, 0.5) is 18.0 Å². The third kappa shape index (κ3) is 8.12. The van der Waals surface area contributed by atoms with Crippen molar-refractivity contribution in [3.8, 4) is 16.9 Å². The summed E-state index contributed by atoms with van der Waals surface area (Å²) < 4.78 is 77.8. The van der Waals surface area contributed by atoms with Crippen molar-refractivity contribution in [3.63, 3.8) is 0 Å². The summed E-state index contributed by atoms with van der Waals surface area (Å²) in [5, 5.41) is 19.6. The molecule has 3 rings (SSSR count). The molecule has 0 spiro atoms. The maximum absolute atomic E-state index is 13.5. The predicted octanol–water partition coefficient (Wildman–Crippen LogP) is 3.93. The lowest BCUT2D eigenvalue weighted by atomic mass is 10.1. The van der Waals surface area contributed by atoms with Crippen LogP contribution in [0.3, 0.4) is 0 Å². The number of nitrogens with one attached hydrogen (secondary N) is 1. The van der Waals surface area contributed by atoms with E-state index in [0.717, 1.165) is 42.6 Å². The van der Waals surface area contributed by atoms with E-state index >= 15 is 0 Å². The molecule has 3 aromatic rings. The Morgan fingerprint density at radius 1 is 1.12 bits per heavy atom. The summed E-state index contributed by atoms with van der Waals surface area (Å²) in [5.41, 5.74) is 0.452. The first-order valence-electron chi connectivity index (χ1n) is 12.3. The fourth-order valence-corrected chi connectivity index (χ4v) is 4.42. The highest BCUT2D eigenvalue weighted by molar-refractivity contribution is 7.90. The number of aromatic nitrogens is 2. The number of nitrogens with zero attached hydrogens (tertiary/aromatic N) is 5. The first-order chi connectivity index (χ1) is 20.0. The van der Waals surface area contributed by atoms with Crippen LogP contribution in [0.5, 0.6) is 0 Å². The molecular formula is C25H27F3N6O8S. The van der Waals surface area contributed by atoms with Gasteiger partial charge in [0.25, 0.3) is 22.2 Å². The van der Waals surface area contributed by atoms with Gasteiger partial charge < -0.3 is 14.7 Å². The molecule has 0 aliphatic heterocycles. The minimum Gasteiger partial charge on any atom is -0.569 e. The van der Waals surface area contributed by atoms with Crippen molar-refractivity contribution >= 4 is 22.1 Å². The molecule has 0 aliphatic rings. The number of carbonyl (C=O) groups is 2. The van der Waals surface area contributed by atoms with Gasteiger partial charge in [-0.3, -0.25) is 9.63 Å². The Bertz CT molecular complexity index is 1590. The number of aryl methyl sites for hydroxylation is 1. The SMILES string of the molecule is COC(=O)OC(C)O/N=[N+](\[O-])N(C)[C@@H](C)C(=O)NS(=O)(=O)c1ccc(-n2nc(C(F)(F)F)cc2-c2ccc(C)cc2)cc1. The topological polar surface area (TPSA) is 167 Å². The van der Waals surface area contributed by atoms with Crippen molar-refractivity contribution in [3.05, 3.63) is 71.1 Å². The Balaban J connectivity index is 1.78. The van der Waals surface area contributed by atoms with E-state index in [1.807, 2.05) is 11.6 Å². The molecule has 232 valence electrons. The summed E-state index contributed by atoms with van der Waals surface area (Å²) in [6.45, 7) is 4.25. The van der Waals surface area contributed by atoms with E-state index in [-0.39, 0.29) is 21.2 Å². The van der Waals surface area contributed by atoms with Crippen molar-refractivity contribution < 1.29 is 50.5 Å². The number of benzene rings is 2. The van der Waals surface area contributed by atoms with E-state index in [0.29, 0.717) is 10.6 Å². The van der Waals surface area contributed by atoms with Crippen molar-refractivity contribution in [2.75, 3.05) is 14.2 Å². The molecular weight excluding hydrogens is 601 g/mol. The maximum atomic E-state index is 13.5. The molecule has 0 saturated heterocycles. The molecule has 2 atom stereocenters. The molecule has 18 heteroatoms. The molecule has 1 amide bonds. The number of sulfonamides is 1. The van der Waals surface area contributed by atoms with E-state index in [1.165, 1.54) is 26.0 Å². The van der Waals surface area contributed by atoms with Gasteiger partial charge >= 0.3 is 12.3 Å². The number of ether oxygens (including phenoxy) is 2. The average molecular weight is 629 g/mol. The van der Waals surface area contributed by atoms with E-state index in [2.05, 4.69) is 24.7 Å². The van der Waals surface area contributed by atoms with Gasteiger partial charge in [-0.2, -0.15) is 18.3 Å². The minimum absolute atomic E-state index is 0.121. The fourth-order valence-electron chi connectivity index (χ4n) is 3.38. The lowest BCUT2D eigenvalue weighted by Gasteiger charge is -2.20. The number of amides is 1. The zero-order chi connectivity index (χ0) is 32.1. The standard InChI is InChI=1S/C25H27F3N6O8S/c1-15-6-8-18(9-7-15)21-14-22(25(26,27)28)29-33(21)19-10-12-20(13-11-19)43(38,39)30-23(35)16(2)32(4)34(37)31-42-17(3)41-24(36)40-5/h6-14,16-17H,1-5H3,(H,30,35)/b34-31-/t16-,17?/m0/s1. The van der Waals surface area contributed by atoms with Crippen molar-refractivity contribution in [2.24, 2.45) is 5.28 Å². The molecule has 0 fully saturated rings. The van der Waals surface area contributed by atoms with Crippen LogP contribution in [-0.4, -0.2) is 66.7 Å². The lowest BCUT2D eigenvalue weighted by Crippen LogP contribution is -2.47. The number of rotatable bonds is 10. The number of methoxy groups -OCH3 is 1. The zero-order valence-electron chi connectivity index (χ0n) is 23.4. The van der Waals surface area contributed by atoms with E-state index in [4.69, 9.17) is 0 Å². The molecule has 14 nitrogen and oxygen atoms in total. The first kappa shape index (κ1) is 32.6. The van der Waals surface area contributed by atoms with Crippen LogP contribution in [0.25, 0.3) is 16.9 Å². The number of hydrazine groups is 1. The number of carbonyl (C=O) groups excluding carboxylic acids is 2. The minimum atomic E-state index is -4.73. The van der Waals surface area contributed by atoms with Gasteiger partial charge in [-0.05, 0) is 44.2 Å². The number of halogens is 3. The quantitative estimate of drug-likeness (QED) is 0.114. The number of hydrogen-bond donors (Lipinski definition) is 1. The smallest absolute Gasteiger partial charge is 0.511 e. The predicted molar refractivity (Wildman–Crippen MR) is 141 cm³/mol. The molecule has 0 bridgehead atoms. The van der Waals surface area contributed by atoms with Gasteiger partial charge in [-0.15, -0.1) is 5.01 Å². The summed E-state index contributed by atoms with van der Waals surface area (Å²) in [7, 11) is -2.31. The van der Waals surface area contributed by atoms with Crippen molar-refractivity contribution in [1.82, 2.24) is 19.5 Å². The molecule has 1 heterocycles. The van der Waals surface area contributed by atoms with E-state index < -0.39 is 46.3 Å². The van der Waals surface area contributed by atoms with Gasteiger partial charge in [0.05, 0.1) is 35.4 Å². The fraction of sp³-hybridized carbons (Fsp3) is 0.320. The molecule has 1 aromatic heterocycles. The summed E-state index contributed by atoms with van der Waals surface area (Å²) in [5.74, 6) is -1.12. The molecule has 0 radical (unpaired) electrons.